The number of hydrogen-bond donors (Lipinski definition) is 0. The van der Waals surface area contributed by atoms with Gasteiger partial charge >= 0.3 is 11.9 Å². The number of hydrogen-bond acceptors (Lipinski definition) is 5. The van der Waals surface area contributed by atoms with E-state index in [4.69, 9.17) is 22.1 Å². The smallest absolute Gasteiger partial charge is 0.338 e. The van der Waals surface area contributed by atoms with Crippen LogP contribution in [0.3, 0.4) is 0 Å². The Kier molecular flexibility index (Phi) is 5.01. The molecule has 1 aromatic rings. The Labute approximate surface area is 125 Å². The van der Waals surface area contributed by atoms with E-state index in [9.17, 15) is 9.59 Å². The van der Waals surface area contributed by atoms with Crippen molar-refractivity contribution < 1.29 is 23.8 Å². The molecular weight excluding hydrogens is 271 g/mol. The van der Waals surface area contributed by atoms with Gasteiger partial charge in [-0.2, -0.15) is 0 Å². The largest absolute Gasteiger partial charge is 0.460 e. The van der Waals surface area contributed by atoms with E-state index in [1.807, 2.05) is 13.0 Å². The first-order chi connectivity index (χ1) is 9.99. The summed E-state index contributed by atoms with van der Waals surface area (Å²) in [5.41, 5.74) is 0.476. The molecule has 0 unspecified atom stereocenters. The number of carbonyl (C=O) groups excluding carboxylic acids is 2. The lowest BCUT2D eigenvalue weighted by Crippen LogP contribution is -2.32. The van der Waals surface area contributed by atoms with E-state index in [1.165, 1.54) is 6.92 Å². The molecule has 1 heterocycles. The summed E-state index contributed by atoms with van der Waals surface area (Å²) in [6.45, 7) is 3.24. The molecule has 21 heavy (non-hydrogen) atoms. The molecule has 2 radical (unpaired) electrons. The molecule has 0 N–H and O–H groups in total. The van der Waals surface area contributed by atoms with Crippen molar-refractivity contribution >= 4 is 19.8 Å². The number of esters is 2. The molecule has 0 spiro atoms. The monoisotopic (exact) mass is 288 g/mol. The Morgan fingerprint density at radius 1 is 1.29 bits per heavy atom. The van der Waals surface area contributed by atoms with Gasteiger partial charge in [0.25, 0.3) is 0 Å². The van der Waals surface area contributed by atoms with Crippen LogP contribution in [0.4, 0.5) is 0 Å². The van der Waals surface area contributed by atoms with Crippen molar-refractivity contribution in [3.8, 4) is 0 Å². The first kappa shape index (κ1) is 15.6. The van der Waals surface area contributed by atoms with E-state index in [1.54, 1.807) is 24.3 Å². The lowest BCUT2D eigenvalue weighted by Gasteiger charge is -2.19. The van der Waals surface area contributed by atoms with Gasteiger partial charge in [-0.25, -0.2) is 4.79 Å². The van der Waals surface area contributed by atoms with Crippen LogP contribution in [0.25, 0.3) is 0 Å². The van der Waals surface area contributed by atoms with Gasteiger partial charge in [-0.05, 0) is 12.1 Å². The average molecular weight is 288 g/mol. The molecule has 1 aliphatic heterocycles. The summed E-state index contributed by atoms with van der Waals surface area (Å²) in [5, 5.41) is 0. The second-order valence-corrected chi connectivity index (χ2v) is 5.04. The van der Waals surface area contributed by atoms with Crippen LogP contribution in [0.15, 0.2) is 30.3 Å². The highest BCUT2D eigenvalue weighted by atomic mass is 16.6. The van der Waals surface area contributed by atoms with Crippen LogP contribution in [0.1, 0.15) is 24.2 Å². The van der Waals surface area contributed by atoms with E-state index in [2.05, 4.69) is 0 Å². The predicted octanol–water partition coefficient (Wildman–Crippen LogP) is 1.30. The highest BCUT2D eigenvalue weighted by molar-refractivity contribution is 6.11. The first-order valence-electron chi connectivity index (χ1n) is 6.79. The van der Waals surface area contributed by atoms with Gasteiger partial charge in [0.15, 0.2) is 0 Å². The van der Waals surface area contributed by atoms with Gasteiger partial charge in [0, 0.05) is 12.8 Å². The van der Waals surface area contributed by atoms with Crippen LogP contribution < -0.4 is 0 Å². The Balaban J connectivity index is 1.89. The number of rotatable bonds is 4. The van der Waals surface area contributed by atoms with Crippen molar-refractivity contribution in [1.29, 1.82) is 0 Å². The molecule has 1 fully saturated rings. The molecule has 0 saturated carbocycles. The highest BCUT2D eigenvalue weighted by Gasteiger charge is 2.41. The maximum atomic E-state index is 11.9. The van der Waals surface area contributed by atoms with Crippen molar-refractivity contribution in [1.82, 2.24) is 0 Å². The maximum Gasteiger partial charge on any atom is 0.338 e. The lowest BCUT2D eigenvalue weighted by molar-refractivity contribution is -0.148. The minimum absolute atomic E-state index is 0.0698. The minimum Gasteiger partial charge on any atom is -0.460 e. The Hall–Kier alpha value is -1.82. The highest BCUT2D eigenvalue weighted by Crippen LogP contribution is 2.28. The normalized spacial score (nSPS) is 28.1. The predicted molar refractivity (Wildman–Crippen MR) is 75.9 cm³/mol. The quantitative estimate of drug-likeness (QED) is 0.617. The van der Waals surface area contributed by atoms with Crippen molar-refractivity contribution in [2.24, 2.45) is 5.92 Å². The van der Waals surface area contributed by atoms with Gasteiger partial charge in [0.2, 0.25) is 0 Å². The third-order valence-electron chi connectivity index (χ3n) is 3.45. The summed E-state index contributed by atoms with van der Waals surface area (Å²) in [7, 11) is 5.79. The number of ether oxygens (including phenoxy) is 3. The third kappa shape index (κ3) is 3.85. The zero-order valence-electron chi connectivity index (χ0n) is 12.0. The second-order valence-electron chi connectivity index (χ2n) is 5.04. The molecule has 0 bridgehead atoms. The standard InChI is InChI=1S/C15H17BO5/c1-9-12(21-14(16)13(9)20-10(2)17)8-19-15(18)11-6-4-3-5-7-11/h3-7,9,12-14H,8H2,1-2H3/t9-,12-,13-,14-/m1/s1. The first-order valence-corrected chi connectivity index (χ1v) is 6.79. The zero-order valence-corrected chi connectivity index (χ0v) is 12.0. The number of carbonyl (C=O) groups is 2. The van der Waals surface area contributed by atoms with E-state index in [0.717, 1.165) is 0 Å². The van der Waals surface area contributed by atoms with Gasteiger partial charge in [-0.1, -0.05) is 25.1 Å². The molecule has 1 aromatic carbocycles. The van der Waals surface area contributed by atoms with E-state index < -0.39 is 30.1 Å². The summed E-state index contributed by atoms with van der Waals surface area (Å²) < 4.78 is 15.8. The average Bonchev–Trinajstić information content (AvgIpc) is 2.73. The topological polar surface area (TPSA) is 61.8 Å². The summed E-state index contributed by atoms with van der Waals surface area (Å²) >= 11 is 0. The van der Waals surface area contributed by atoms with Crippen LogP contribution in [0.5, 0.6) is 0 Å². The van der Waals surface area contributed by atoms with Gasteiger partial charge in [0.1, 0.15) is 20.6 Å². The lowest BCUT2D eigenvalue weighted by atomic mass is 9.88. The fourth-order valence-corrected chi connectivity index (χ4v) is 2.29. The Morgan fingerprint density at radius 3 is 2.57 bits per heavy atom. The summed E-state index contributed by atoms with van der Waals surface area (Å²) in [4.78, 5) is 22.9. The van der Waals surface area contributed by atoms with Gasteiger partial charge in [-0.3, -0.25) is 4.79 Å². The molecule has 4 atom stereocenters. The zero-order chi connectivity index (χ0) is 15.4. The fourth-order valence-electron chi connectivity index (χ4n) is 2.29. The van der Waals surface area contributed by atoms with Crippen molar-refractivity contribution in [3.05, 3.63) is 35.9 Å². The van der Waals surface area contributed by atoms with Crippen LogP contribution in [0, 0.1) is 5.92 Å². The molecule has 0 aromatic heterocycles. The fraction of sp³-hybridized carbons (Fsp3) is 0.467. The van der Waals surface area contributed by atoms with Crippen molar-refractivity contribution in [3.63, 3.8) is 0 Å². The van der Waals surface area contributed by atoms with E-state index >= 15 is 0 Å². The van der Waals surface area contributed by atoms with Crippen LogP contribution in [-0.2, 0) is 19.0 Å². The summed E-state index contributed by atoms with van der Waals surface area (Å²) in [6, 6.07) is 7.99. The molecule has 5 nitrogen and oxygen atoms in total. The summed E-state index contributed by atoms with van der Waals surface area (Å²) in [6.07, 6.45) is -0.917. The maximum absolute atomic E-state index is 11.9. The third-order valence-corrected chi connectivity index (χ3v) is 3.45. The van der Waals surface area contributed by atoms with E-state index in [-0.39, 0.29) is 12.5 Å². The molecule has 0 amide bonds. The Bertz CT molecular complexity index is 504. The molecule has 2 rings (SSSR count). The second kappa shape index (κ2) is 6.76. The minimum atomic E-state index is -0.704. The van der Waals surface area contributed by atoms with Gasteiger partial charge in [-0.15, -0.1) is 0 Å². The summed E-state index contributed by atoms with van der Waals surface area (Å²) in [5.74, 6) is -0.976. The molecule has 1 aliphatic rings. The van der Waals surface area contributed by atoms with Crippen LogP contribution in [-0.4, -0.2) is 44.6 Å². The van der Waals surface area contributed by atoms with Crippen LogP contribution in [0.2, 0.25) is 0 Å². The van der Waals surface area contributed by atoms with Crippen molar-refractivity contribution in [2.75, 3.05) is 6.61 Å². The number of benzene rings is 1. The molecule has 6 heteroatoms. The molecule has 110 valence electrons. The van der Waals surface area contributed by atoms with E-state index in [0.29, 0.717) is 5.56 Å². The van der Waals surface area contributed by atoms with Crippen LogP contribution >= 0.6 is 0 Å². The van der Waals surface area contributed by atoms with Crippen molar-refractivity contribution in [2.45, 2.75) is 32.1 Å². The Morgan fingerprint density at radius 2 is 1.95 bits per heavy atom. The molecule has 0 aliphatic carbocycles. The molecular formula is C15H17BO5. The van der Waals surface area contributed by atoms with Gasteiger partial charge in [0.05, 0.1) is 17.7 Å². The molecule has 1 saturated heterocycles. The van der Waals surface area contributed by atoms with Gasteiger partial charge < -0.3 is 14.2 Å². The SMILES string of the molecule is [B][C@@H]1O[C@H](COC(=O)c2ccccc2)[C@@H](C)[C@H]1OC(C)=O.